The van der Waals surface area contributed by atoms with Crippen LogP contribution in [0.15, 0.2) is 30.3 Å². The van der Waals surface area contributed by atoms with E-state index in [9.17, 15) is 9.59 Å². The Morgan fingerprint density at radius 1 is 1.22 bits per heavy atom. The largest absolute Gasteiger partial charge is 0.481 e. The van der Waals surface area contributed by atoms with Gasteiger partial charge in [0, 0.05) is 5.54 Å². The number of benzene rings is 1. The molecule has 4 N–H and O–H groups in total. The molecule has 0 unspecified atom stereocenters. The Hall–Kier alpha value is -2.08. The molecule has 0 radical (unpaired) electrons. The molecule has 6 heteroatoms. The zero-order valence-corrected chi connectivity index (χ0v) is 13.4. The van der Waals surface area contributed by atoms with Crippen molar-refractivity contribution in [2.75, 3.05) is 0 Å². The van der Waals surface area contributed by atoms with Crippen molar-refractivity contribution in [1.29, 1.82) is 0 Å². The predicted molar refractivity (Wildman–Crippen MR) is 85.8 cm³/mol. The molecule has 23 heavy (non-hydrogen) atoms. The maximum atomic E-state index is 12.1. The van der Waals surface area contributed by atoms with E-state index in [0.717, 1.165) is 5.56 Å². The molecule has 1 aromatic carbocycles. The topological polar surface area (TPSA) is 102 Å². The SMILES string of the molecule is CC1(N)CCC(CC(=O)O)(NC(=O)OCc2ccccc2)CC1. The highest BCUT2D eigenvalue weighted by atomic mass is 16.5. The van der Waals surface area contributed by atoms with Crippen molar-refractivity contribution in [1.82, 2.24) is 5.32 Å². The van der Waals surface area contributed by atoms with Crippen molar-refractivity contribution in [3.05, 3.63) is 35.9 Å². The molecular formula is C17H24N2O4. The summed E-state index contributed by atoms with van der Waals surface area (Å²) < 4.78 is 5.22. The number of nitrogens with two attached hydrogens (primary N) is 1. The molecule has 6 nitrogen and oxygen atoms in total. The zero-order valence-electron chi connectivity index (χ0n) is 13.4. The lowest BCUT2D eigenvalue weighted by atomic mass is 9.72. The summed E-state index contributed by atoms with van der Waals surface area (Å²) in [5, 5.41) is 11.9. The van der Waals surface area contributed by atoms with Crippen LogP contribution in [-0.4, -0.2) is 28.2 Å². The second-order valence-corrected chi connectivity index (χ2v) is 6.69. The second kappa shape index (κ2) is 7.00. The monoisotopic (exact) mass is 320 g/mol. The summed E-state index contributed by atoms with van der Waals surface area (Å²) in [6, 6.07) is 9.34. The molecule has 0 bridgehead atoms. The first kappa shape index (κ1) is 17.3. The lowest BCUT2D eigenvalue weighted by Crippen LogP contribution is -2.56. The Morgan fingerprint density at radius 2 is 1.83 bits per heavy atom. The van der Waals surface area contributed by atoms with Gasteiger partial charge in [-0.3, -0.25) is 4.79 Å². The Bertz CT molecular complexity index is 547. The van der Waals surface area contributed by atoms with Crippen LogP contribution >= 0.6 is 0 Å². The van der Waals surface area contributed by atoms with Crippen molar-refractivity contribution < 1.29 is 19.4 Å². The van der Waals surface area contributed by atoms with E-state index < -0.39 is 17.6 Å². The third kappa shape index (κ3) is 5.25. The van der Waals surface area contributed by atoms with Gasteiger partial charge in [0.1, 0.15) is 6.61 Å². The Morgan fingerprint density at radius 3 is 2.39 bits per heavy atom. The van der Waals surface area contributed by atoms with Gasteiger partial charge >= 0.3 is 12.1 Å². The van der Waals surface area contributed by atoms with E-state index in [1.807, 2.05) is 37.3 Å². The summed E-state index contributed by atoms with van der Waals surface area (Å²) in [7, 11) is 0. The highest BCUT2D eigenvalue weighted by Crippen LogP contribution is 2.35. The molecule has 1 saturated carbocycles. The molecule has 0 aromatic heterocycles. The summed E-state index contributed by atoms with van der Waals surface area (Å²) in [5.74, 6) is -0.936. The van der Waals surface area contributed by atoms with Crippen molar-refractivity contribution in [3.8, 4) is 0 Å². The number of ether oxygens (including phenoxy) is 1. The van der Waals surface area contributed by atoms with Gasteiger partial charge in [0.15, 0.2) is 0 Å². The Kier molecular flexibility index (Phi) is 5.26. The summed E-state index contributed by atoms with van der Waals surface area (Å²) in [6.07, 6.45) is 1.69. The average Bonchev–Trinajstić information content (AvgIpc) is 2.49. The van der Waals surface area contributed by atoms with E-state index in [1.165, 1.54) is 0 Å². The first-order chi connectivity index (χ1) is 10.8. The van der Waals surface area contributed by atoms with Crippen molar-refractivity contribution >= 4 is 12.1 Å². The number of alkyl carbamates (subject to hydrolysis) is 1. The number of carboxylic acid groups (broad SMARTS) is 1. The quantitative estimate of drug-likeness (QED) is 0.773. The summed E-state index contributed by atoms with van der Waals surface area (Å²) >= 11 is 0. The van der Waals surface area contributed by atoms with Crippen LogP contribution in [0.5, 0.6) is 0 Å². The lowest BCUT2D eigenvalue weighted by molar-refractivity contribution is -0.139. The first-order valence-electron chi connectivity index (χ1n) is 7.80. The van der Waals surface area contributed by atoms with Gasteiger partial charge in [-0.05, 0) is 38.2 Å². The molecule has 1 fully saturated rings. The van der Waals surface area contributed by atoms with Gasteiger partial charge in [-0.1, -0.05) is 30.3 Å². The number of carbonyl (C=O) groups excluding carboxylic acids is 1. The van der Waals surface area contributed by atoms with Crippen molar-refractivity contribution in [2.24, 2.45) is 5.73 Å². The van der Waals surface area contributed by atoms with Crippen LogP contribution in [0.2, 0.25) is 0 Å². The average molecular weight is 320 g/mol. The normalized spacial score (nSPS) is 27.2. The molecule has 2 rings (SSSR count). The van der Waals surface area contributed by atoms with Gasteiger partial charge < -0.3 is 20.9 Å². The lowest BCUT2D eigenvalue weighted by Gasteiger charge is -2.42. The number of hydrogen-bond donors (Lipinski definition) is 3. The third-order valence-corrected chi connectivity index (χ3v) is 4.42. The summed E-state index contributed by atoms with van der Waals surface area (Å²) in [5.41, 5.74) is 5.90. The van der Waals surface area contributed by atoms with Gasteiger partial charge in [0.2, 0.25) is 0 Å². The van der Waals surface area contributed by atoms with E-state index in [2.05, 4.69) is 5.32 Å². The fraction of sp³-hybridized carbons (Fsp3) is 0.529. The summed E-state index contributed by atoms with van der Waals surface area (Å²) in [4.78, 5) is 23.2. The molecule has 126 valence electrons. The standard InChI is InChI=1S/C17H24N2O4/c1-16(18)7-9-17(10-8-16,11-14(20)21)19-15(22)23-12-13-5-3-2-4-6-13/h2-6H,7-12,18H2,1H3,(H,19,22)(H,20,21). The molecule has 1 aliphatic rings. The van der Waals surface area contributed by atoms with Gasteiger partial charge in [0.05, 0.1) is 12.0 Å². The van der Waals surface area contributed by atoms with Crippen LogP contribution in [0.3, 0.4) is 0 Å². The number of aliphatic carboxylic acids is 1. The van der Waals surface area contributed by atoms with Crippen LogP contribution in [0.25, 0.3) is 0 Å². The van der Waals surface area contributed by atoms with Crippen molar-refractivity contribution in [2.45, 2.75) is 56.7 Å². The van der Waals surface area contributed by atoms with Crippen LogP contribution < -0.4 is 11.1 Å². The maximum Gasteiger partial charge on any atom is 0.407 e. The molecule has 0 atom stereocenters. The Labute approximate surface area is 136 Å². The predicted octanol–water partition coefficient (Wildman–Crippen LogP) is 2.42. The smallest absolute Gasteiger partial charge is 0.407 e. The van der Waals surface area contributed by atoms with E-state index in [0.29, 0.717) is 25.7 Å². The highest BCUT2D eigenvalue weighted by molar-refractivity contribution is 5.72. The third-order valence-electron chi connectivity index (χ3n) is 4.42. The number of nitrogens with one attached hydrogen (secondary N) is 1. The van der Waals surface area contributed by atoms with Crippen LogP contribution in [0.1, 0.15) is 44.6 Å². The Balaban J connectivity index is 1.95. The molecule has 0 saturated heterocycles. The first-order valence-corrected chi connectivity index (χ1v) is 7.80. The molecule has 1 aliphatic carbocycles. The minimum atomic E-state index is -0.936. The number of hydrogen-bond acceptors (Lipinski definition) is 4. The van der Waals surface area contributed by atoms with Crippen LogP contribution in [-0.2, 0) is 16.1 Å². The molecular weight excluding hydrogens is 296 g/mol. The van der Waals surface area contributed by atoms with E-state index in [1.54, 1.807) is 0 Å². The molecule has 0 spiro atoms. The molecule has 1 aromatic rings. The molecule has 0 heterocycles. The molecule has 1 amide bonds. The fourth-order valence-corrected chi connectivity index (χ4v) is 2.91. The van der Waals surface area contributed by atoms with Crippen LogP contribution in [0.4, 0.5) is 4.79 Å². The zero-order chi connectivity index (χ0) is 16.9. The van der Waals surface area contributed by atoms with E-state index >= 15 is 0 Å². The molecule has 0 aliphatic heterocycles. The van der Waals surface area contributed by atoms with Gasteiger partial charge in [-0.15, -0.1) is 0 Å². The van der Waals surface area contributed by atoms with Crippen LogP contribution in [0, 0.1) is 0 Å². The van der Waals surface area contributed by atoms with Gasteiger partial charge in [0.25, 0.3) is 0 Å². The fourth-order valence-electron chi connectivity index (χ4n) is 2.91. The van der Waals surface area contributed by atoms with E-state index in [4.69, 9.17) is 15.6 Å². The van der Waals surface area contributed by atoms with E-state index in [-0.39, 0.29) is 18.6 Å². The number of rotatable bonds is 5. The highest BCUT2D eigenvalue weighted by Gasteiger charge is 2.41. The summed E-state index contributed by atoms with van der Waals surface area (Å²) in [6.45, 7) is 2.11. The second-order valence-electron chi connectivity index (χ2n) is 6.69. The minimum absolute atomic E-state index is 0.122. The van der Waals surface area contributed by atoms with Crippen molar-refractivity contribution in [3.63, 3.8) is 0 Å². The minimum Gasteiger partial charge on any atom is -0.481 e. The van der Waals surface area contributed by atoms with Gasteiger partial charge in [-0.25, -0.2) is 4.79 Å². The number of carbonyl (C=O) groups is 2. The number of amides is 1. The number of carboxylic acids is 1. The van der Waals surface area contributed by atoms with Gasteiger partial charge in [-0.2, -0.15) is 0 Å². The maximum absolute atomic E-state index is 12.1.